The van der Waals surface area contributed by atoms with E-state index in [0.29, 0.717) is 6.61 Å². The highest BCUT2D eigenvalue weighted by Gasteiger charge is 2.61. The van der Waals surface area contributed by atoms with Gasteiger partial charge in [-0.2, -0.15) is 18.4 Å². The first-order chi connectivity index (χ1) is 10.7. The van der Waals surface area contributed by atoms with Crippen LogP contribution in [0.25, 0.3) is 0 Å². The Morgan fingerprint density at radius 2 is 2.09 bits per heavy atom. The van der Waals surface area contributed by atoms with E-state index in [2.05, 4.69) is 4.98 Å². The van der Waals surface area contributed by atoms with Crippen LogP contribution in [0.3, 0.4) is 0 Å². The van der Waals surface area contributed by atoms with Gasteiger partial charge in [0.15, 0.2) is 0 Å². The molecule has 124 valence electrons. The van der Waals surface area contributed by atoms with Gasteiger partial charge in [-0.25, -0.2) is 4.98 Å². The molecule has 0 spiro atoms. The van der Waals surface area contributed by atoms with Crippen molar-refractivity contribution in [1.29, 1.82) is 5.26 Å². The molecule has 3 atom stereocenters. The summed E-state index contributed by atoms with van der Waals surface area (Å²) in [6.45, 7) is 4.75. The van der Waals surface area contributed by atoms with Crippen molar-refractivity contribution in [2.24, 2.45) is 11.3 Å². The van der Waals surface area contributed by atoms with E-state index in [9.17, 15) is 18.4 Å². The van der Waals surface area contributed by atoms with Crippen LogP contribution in [0.15, 0.2) is 12.1 Å². The minimum Gasteiger partial charge on any atom is -0.377 e. The highest BCUT2D eigenvalue weighted by atomic mass is 19.4. The summed E-state index contributed by atoms with van der Waals surface area (Å²) >= 11 is 0. The Morgan fingerprint density at radius 3 is 2.70 bits per heavy atom. The second-order valence-electron chi connectivity index (χ2n) is 6.80. The average molecular weight is 325 g/mol. The number of alkyl halides is 3. The van der Waals surface area contributed by atoms with Gasteiger partial charge in [-0.1, -0.05) is 13.8 Å². The minimum absolute atomic E-state index is 0.00177. The summed E-state index contributed by atoms with van der Waals surface area (Å²) in [6, 6.07) is 3.98. The monoisotopic (exact) mass is 325 g/mol. The highest BCUT2D eigenvalue weighted by molar-refractivity contribution is 5.56. The summed E-state index contributed by atoms with van der Waals surface area (Å²) in [4.78, 5) is 5.46. The molecule has 3 rings (SSSR count). The molecule has 0 radical (unpaired) electrons. The topological polar surface area (TPSA) is 49.2 Å². The van der Waals surface area contributed by atoms with Gasteiger partial charge in [0, 0.05) is 31.0 Å². The van der Waals surface area contributed by atoms with Gasteiger partial charge in [0.05, 0.1) is 11.7 Å². The highest BCUT2D eigenvalue weighted by Crippen LogP contribution is 2.55. The largest absolute Gasteiger partial charge is 0.433 e. The predicted molar refractivity (Wildman–Crippen MR) is 77.8 cm³/mol. The molecule has 1 aromatic rings. The maximum atomic E-state index is 12.9. The molecule has 23 heavy (non-hydrogen) atoms. The molecule has 2 heterocycles. The number of nitriles is 1. The van der Waals surface area contributed by atoms with E-state index in [4.69, 9.17) is 4.74 Å². The number of halogens is 3. The van der Waals surface area contributed by atoms with Crippen molar-refractivity contribution >= 4 is 5.82 Å². The standard InChI is InChI=1S/C16H18F3N3O/c1-15(2)12(10-6-7-23-13(10)15)22(3)14-9(8-20)4-5-11(21-14)16(17,18)19/h4-5,10,12-13H,6-7H2,1-3H3/t10-,12-,13+/m1/s1. The molecular formula is C16H18F3N3O. The van der Waals surface area contributed by atoms with Gasteiger partial charge in [-0.3, -0.25) is 0 Å². The van der Waals surface area contributed by atoms with E-state index in [1.165, 1.54) is 6.07 Å². The zero-order valence-electron chi connectivity index (χ0n) is 13.2. The van der Waals surface area contributed by atoms with Gasteiger partial charge in [-0.05, 0) is 18.6 Å². The first-order valence-corrected chi connectivity index (χ1v) is 7.50. The summed E-state index contributed by atoms with van der Waals surface area (Å²) in [5, 5.41) is 9.23. The van der Waals surface area contributed by atoms with Crippen molar-refractivity contribution in [1.82, 2.24) is 4.98 Å². The number of nitrogens with zero attached hydrogens (tertiary/aromatic N) is 3. The maximum absolute atomic E-state index is 12.9. The zero-order valence-corrected chi connectivity index (χ0v) is 13.2. The van der Waals surface area contributed by atoms with Crippen LogP contribution in [0.1, 0.15) is 31.5 Å². The van der Waals surface area contributed by atoms with Gasteiger partial charge < -0.3 is 9.64 Å². The van der Waals surface area contributed by atoms with E-state index in [1.54, 1.807) is 11.9 Å². The normalized spacial score (nSPS) is 28.7. The molecule has 4 nitrogen and oxygen atoms in total. The third-order valence-corrected chi connectivity index (χ3v) is 5.08. The van der Waals surface area contributed by atoms with Crippen molar-refractivity contribution < 1.29 is 17.9 Å². The fourth-order valence-electron chi connectivity index (χ4n) is 4.18. The summed E-state index contributed by atoms with van der Waals surface area (Å²) in [6.07, 6.45) is -3.53. The van der Waals surface area contributed by atoms with E-state index < -0.39 is 11.9 Å². The lowest BCUT2D eigenvalue weighted by Gasteiger charge is -2.58. The summed E-state index contributed by atoms with van der Waals surface area (Å²) in [5.41, 5.74) is -1.02. The molecule has 1 aliphatic heterocycles. The van der Waals surface area contributed by atoms with Crippen LogP contribution in [-0.4, -0.2) is 30.8 Å². The molecule has 2 fully saturated rings. The summed E-state index contributed by atoms with van der Waals surface area (Å²) in [7, 11) is 1.71. The quantitative estimate of drug-likeness (QED) is 0.838. The number of hydrogen-bond acceptors (Lipinski definition) is 4. The molecule has 0 bridgehead atoms. The number of fused-ring (bicyclic) bond motifs is 1. The molecular weight excluding hydrogens is 307 g/mol. The first kappa shape index (κ1) is 16.1. The number of aromatic nitrogens is 1. The van der Waals surface area contributed by atoms with Crippen LogP contribution >= 0.6 is 0 Å². The molecule has 0 amide bonds. The van der Waals surface area contributed by atoms with Crippen molar-refractivity contribution in [2.75, 3.05) is 18.6 Å². The van der Waals surface area contributed by atoms with E-state index in [1.807, 2.05) is 19.9 Å². The third-order valence-electron chi connectivity index (χ3n) is 5.08. The van der Waals surface area contributed by atoms with E-state index >= 15 is 0 Å². The Kier molecular flexibility index (Phi) is 3.56. The van der Waals surface area contributed by atoms with Crippen LogP contribution in [0.2, 0.25) is 0 Å². The minimum atomic E-state index is -4.53. The maximum Gasteiger partial charge on any atom is 0.433 e. The molecule has 0 N–H and O–H groups in total. The van der Waals surface area contributed by atoms with Crippen LogP contribution < -0.4 is 4.90 Å². The number of rotatable bonds is 2. The summed E-state index contributed by atoms with van der Waals surface area (Å²) < 4.78 is 44.6. The Morgan fingerprint density at radius 1 is 1.39 bits per heavy atom. The van der Waals surface area contributed by atoms with Crippen LogP contribution in [0, 0.1) is 22.7 Å². The molecule has 1 aromatic heterocycles. The Hall–Kier alpha value is -1.81. The Bertz CT molecular complexity index is 666. The van der Waals surface area contributed by atoms with E-state index in [-0.39, 0.29) is 34.9 Å². The molecule has 2 aliphatic rings. The smallest absolute Gasteiger partial charge is 0.377 e. The van der Waals surface area contributed by atoms with Crippen LogP contribution in [0.5, 0.6) is 0 Å². The van der Waals surface area contributed by atoms with Crippen LogP contribution in [0.4, 0.5) is 19.0 Å². The molecule has 7 heteroatoms. The van der Waals surface area contributed by atoms with Crippen molar-refractivity contribution in [2.45, 2.75) is 38.6 Å². The van der Waals surface area contributed by atoms with Crippen molar-refractivity contribution in [3.63, 3.8) is 0 Å². The number of pyridine rings is 1. The van der Waals surface area contributed by atoms with Gasteiger partial charge in [0.25, 0.3) is 0 Å². The van der Waals surface area contributed by atoms with E-state index in [0.717, 1.165) is 12.5 Å². The lowest BCUT2D eigenvalue weighted by molar-refractivity contribution is -0.141. The molecule has 0 unspecified atom stereocenters. The van der Waals surface area contributed by atoms with Gasteiger partial charge in [-0.15, -0.1) is 0 Å². The zero-order chi connectivity index (χ0) is 17.0. The first-order valence-electron chi connectivity index (χ1n) is 7.50. The summed E-state index contributed by atoms with van der Waals surface area (Å²) in [5.74, 6) is 0.351. The predicted octanol–water partition coefficient (Wildman–Crippen LogP) is 3.22. The Labute approximate surface area is 132 Å². The fraction of sp³-hybridized carbons (Fsp3) is 0.625. The van der Waals surface area contributed by atoms with Crippen molar-refractivity contribution in [3.05, 3.63) is 23.4 Å². The third kappa shape index (κ3) is 2.36. The van der Waals surface area contributed by atoms with Gasteiger partial charge >= 0.3 is 6.18 Å². The van der Waals surface area contributed by atoms with Crippen molar-refractivity contribution in [3.8, 4) is 6.07 Å². The van der Waals surface area contributed by atoms with Gasteiger partial charge in [0.2, 0.25) is 0 Å². The Balaban J connectivity index is 1.99. The average Bonchev–Trinajstić information content (AvgIpc) is 2.91. The van der Waals surface area contributed by atoms with Gasteiger partial charge in [0.1, 0.15) is 17.6 Å². The fourth-order valence-corrected chi connectivity index (χ4v) is 4.18. The number of ether oxygens (including phenoxy) is 1. The number of anilines is 1. The molecule has 1 saturated carbocycles. The lowest BCUT2D eigenvalue weighted by atomic mass is 9.57. The number of hydrogen-bond donors (Lipinski definition) is 0. The molecule has 0 aromatic carbocycles. The molecule has 1 saturated heterocycles. The SMILES string of the molecule is CN(c1nc(C(F)(F)F)ccc1C#N)[C@@H]1[C@H]2CCO[C@@H]2C1(C)C. The lowest BCUT2D eigenvalue weighted by Crippen LogP contribution is -2.66. The second kappa shape index (κ2) is 5.10. The molecule has 1 aliphatic carbocycles. The van der Waals surface area contributed by atoms with Crippen LogP contribution in [-0.2, 0) is 10.9 Å². The second-order valence-corrected chi connectivity index (χ2v) is 6.80.